The summed E-state index contributed by atoms with van der Waals surface area (Å²) in [7, 11) is 0. The van der Waals surface area contributed by atoms with Crippen molar-refractivity contribution in [2.24, 2.45) is 65.1 Å². The minimum absolute atomic E-state index is 0.542. The molecule has 0 bridgehead atoms. The lowest BCUT2D eigenvalue weighted by Gasteiger charge is -2.41. The lowest BCUT2D eigenvalue weighted by molar-refractivity contribution is 0.0921. The first-order chi connectivity index (χ1) is 18.5. The van der Waals surface area contributed by atoms with Crippen molar-refractivity contribution in [3.8, 4) is 0 Å². The molecule has 1 fully saturated rings. The van der Waals surface area contributed by atoms with Crippen LogP contribution in [0.4, 0.5) is 4.39 Å². The van der Waals surface area contributed by atoms with Crippen LogP contribution in [-0.2, 0) is 0 Å². The third-order valence-electron chi connectivity index (χ3n) is 11.4. The van der Waals surface area contributed by atoms with E-state index in [2.05, 4.69) is 69.2 Å². The van der Waals surface area contributed by atoms with Crippen LogP contribution < -0.4 is 0 Å². The van der Waals surface area contributed by atoms with Crippen LogP contribution in [0.3, 0.4) is 0 Å². The SMILES string of the molecule is CCCC(CC(C)C(C(C)CC)C(CC)CCCC(C)C(CC(CC(C)C)CC(F)CC)C(C)C)C1CCC1. The molecule has 9 unspecified atom stereocenters. The van der Waals surface area contributed by atoms with E-state index in [0.717, 1.165) is 53.8 Å². The highest BCUT2D eigenvalue weighted by Crippen LogP contribution is 2.44. The van der Waals surface area contributed by atoms with E-state index in [1.165, 1.54) is 83.5 Å². The lowest BCUT2D eigenvalue weighted by Crippen LogP contribution is -2.32. The Hall–Kier alpha value is -0.0700. The van der Waals surface area contributed by atoms with Crippen molar-refractivity contribution in [1.82, 2.24) is 0 Å². The second-order valence-electron chi connectivity index (χ2n) is 15.4. The Kier molecular flexibility index (Phi) is 18.9. The van der Waals surface area contributed by atoms with Crippen molar-refractivity contribution in [2.45, 2.75) is 179 Å². The van der Waals surface area contributed by atoms with E-state index in [9.17, 15) is 4.39 Å². The Balaban J connectivity index is 2.83. The highest BCUT2D eigenvalue weighted by atomic mass is 19.1. The predicted molar refractivity (Wildman–Crippen MR) is 175 cm³/mol. The van der Waals surface area contributed by atoms with Crippen LogP contribution in [0, 0.1) is 65.1 Å². The van der Waals surface area contributed by atoms with E-state index in [4.69, 9.17) is 0 Å². The Morgan fingerprint density at radius 2 is 1.33 bits per heavy atom. The highest BCUT2D eigenvalue weighted by molar-refractivity contribution is 4.85. The molecule has 0 aromatic carbocycles. The van der Waals surface area contributed by atoms with Gasteiger partial charge in [-0.25, -0.2) is 4.39 Å². The maximum atomic E-state index is 14.4. The van der Waals surface area contributed by atoms with Crippen molar-refractivity contribution in [2.75, 3.05) is 0 Å². The van der Waals surface area contributed by atoms with Crippen molar-refractivity contribution >= 4 is 0 Å². The summed E-state index contributed by atoms with van der Waals surface area (Å²) in [6, 6.07) is 0. The number of hydrogen-bond donors (Lipinski definition) is 0. The third-order valence-corrected chi connectivity index (χ3v) is 11.4. The van der Waals surface area contributed by atoms with Crippen molar-refractivity contribution in [3.63, 3.8) is 0 Å². The van der Waals surface area contributed by atoms with Crippen LogP contribution in [0.2, 0.25) is 0 Å². The maximum Gasteiger partial charge on any atom is 0.100 e. The second-order valence-corrected chi connectivity index (χ2v) is 15.4. The van der Waals surface area contributed by atoms with Crippen LogP contribution >= 0.6 is 0 Å². The van der Waals surface area contributed by atoms with Gasteiger partial charge in [0.2, 0.25) is 0 Å². The summed E-state index contributed by atoms with van der Waals surface area (Å²) in [5.41, 5.74) is 0. The van der Waals surface area contributed by atoms with E-state index in [-0.39, 0.29) is 0 Å². The third kappa shape index (κ3) is 13.2. The average molecular weight is 551 g/mol. The Labute approximate surface area is 247 Å². The smallest absolute Gasteiger partial charge is 0.100 e. The van der Waals surface area contributed by atoms with Gasteiger partial charge in [0.25, 0.3) is 0 Å². The van der Waals surface area contributed by atoms with Crippen molar-refractivity contribution in [1.29, 1.82) is 0 Å². The zero-order valence-electron chi connectivity index (χ0n) is 28.9. The molecular weight excluding hydrogens is 475 g/mol. The summed E-state index contributed by atoms with van der Waals surface area (Å²) < 4.78 is 14.4. The van der Waals surface area contributed by atoms with Gasteiger partial charge in [0.05, 0.1) is 0 Å². The molecule has 1 aliphatic rings. The van der Waals surface area contributed by atoms with E-state index < -0.39 is 6.17 Å². The molecule has 0 amide bonds. The summed E-state index contributed by atoms with van der Waals surface area (Å²) in [5.74, 6) is 8.79. The Morgan fingerprint density at radius 3 is 1.79 bits per heavy atom. The number of alkyl halides is 1. The quantitative estimate of drug-likeness (QED) is 0.119. The molecule has 0 aliphatic heterocycles. The fourth-order valence-electron chi connectivity index (χ4n) is 8.84. The molecule has 0 aromatic heterocycles. The minimum Gasteiger partial charge on any atom is -0.247 e. The molecule has 1 rings (SSSR count). The van der Waals surface area contributed by atoms with Gasteiger partial charge in [0, 0.05) is 0 Å². The highest BCUT2D eigenvalue weighted by Gasteiger charge is 2.34. The molecular formula is C38H75F. The van der Waals surface area contributed by atoms with Gasteiger partial charge in [0.1, 0.15) is 6.17 Å². The predicted octanol–water partition coefficient (Wildman–Crippen LogP) is 13.2. The zero-order valence-corrected chi connectivity index (χ0v) is 28.9. The average Bonchev–Trinajstić information content (AvgIpc) is 2.84. The zero-order chi connectivity index (χ0) is 29.5. The fourth-order valence-corrected chi connectivity index (χ4v) is 8.84. The second kappa shape index (κ2) is 19.9. The van der Waals surface area contributed by atoms with Crippen molar-refractivity contribution < 1.29 is 4.39 Å². The fraction of sp³-hybridized carbons (Fsp3) is 1.00. The van der Waals surface area contributed by atoms with E-state index in [0.29, 0.717) is 24.2 Å². The van der Waals surface area contributed by atoms with Crippen molar-refractivity contribution in [3.05, 3.63) is 0 Å². The van der Waals surface area contributed by atoms with E-state index >= 15 is 0 Å². The molecule has 9 atom stereocenters. The van der Waals surface area contributed by atoms with Crippen LogP contribution in [0.25, 0.3) is 0 Å². The molecule has 1 aliphatic carbocycles. The van der Waals surface area contributed by atoms with Gasteiger partial charge >= 0.3 is 0 Å². The van der Waals surface area contributed by atoms with Gasteiger partial charge in [-0.15, -0.1) is 0 Å². The Morgan fingerprint density at radius 1 is 0.667 bits per heavy atom. The van der Waals surface area contributed by atoms with Gasteiger partial charge in [-0.2, -0.15) is 0 Å². The molecule has 0 saturated heterocycles. The van der Waals surface area contributed by atoms with Gasteiger partial charge < -0.3 is 0 Å². The molecule has 0 nitrogen and oxygen atoms in total. The topological polar surface area (TPSA) is 0 Å². The van der Waals surface area contributed by atoms with Crippen LogP contribution in [0.15, 0.2) is 0 Å². The molecule has 1 heteroatoms. The van der Waals surface area contributed by atoms with Crippen LogP contribution in [-0.4, -0.2) is 6.17 Å². The molecule has 1 saturated carbocycles. The summed E-state index contributed by atoms with van der Waals surface area (Å²) >= 11 is 0. The first-order valence-corrected chi connectivity index (χ1v) is 18.1. The van der Waals surface area contributed by atoms with Crippen LogP contribution in [0.1, 0.15) is 172 Å². The Bertz CT molecular complexity index is 577. The standard InChI is InChI=1S/C38H75F/c1-12-18-35(34-21-17-22-34)24-31(11)38(29(9)13-2)33(14-3)20-16-19-30(10)37(28(7)8)26-32(23-27(5)6)25-36(39)15-4/h27-38H,12-26H2,1-11H3. The summed E-state index contributed by atoms with van der Waals surface area (Å²) in [4.78, 5) is 0. The number of halogens is 1. The molecule has 39 heavy (non-hydrogen) atoms. The van der Waals surface area contributed by atoms with Gasteiger partial charge in [-0.05, 0) is 97.2 Å². The first-order valence-electron chi connectivity index (χ1n) is 18.1. The minimum atomic E-state index is -0.622. The summed E-state index contributed by atoms with van der Waals surface area (Å²) in [6.45, 7) is 26.5. The van der Waals surface area contributed by atoms with E-state index in [1.807, 2.05) is 6.92 Å². The molecule has 0 heterocycles. The monoisotopic (exact) mass is 551 g/mol. The number of hydrogen-bond acceptors (Lipinski definition) is 0. The first kappa shape index (κ1) is 37.0. The normalized spacial score (nSPS) is 21.7. The molecule has 0 radical (unpaired) electrons. The molecule has 0 aromatic rings. The summed E-state index contributed by atoms with van der Waals surface area (Å²) in [6.07, 6.45) is 18.8. The molecule has 0 spiro atoms. The maximum absolute atomic E-state index is 14.4. The van der Waals surface area contributed by atoms with Gasteiger partial charge in [-0.1, -0.05) is 140 Å². The number of rotatable bonds is 23. The van der Waals surface area contributed by atoms with E-state index in [1.54, 1.807) is 0 Å². The largest absolute Gasteiger partial charge is 0.247 e. The van der Waals surface area contributed by atoms with Crippen LogP contribution in [0.5, 0.6) is 0 Å². The van der Waals surface area contributed by atoms with Gasteiger partial charge in [0.15, 0.2) is 0 Å². The molecule has 0 N–H and O–H groups in total. The summed E-state index contributed by atoms with van der Waals surface area (Å²) in [5, 5.41) is 0. The lowest BCUT2D eigenvalue weighted by atomic mass is 9.65. The van der Waals surface area contributed by atoms with Gasteiger partial charge in [-0.3, -0.25) is 0 Å². The molecule has 234 valence electrons.